The third-order valence-electron chi connectivity index (χ3n) is 7.18. The zero-order chi connectivity index (χ0) is 29.8. The summed E-state index contributed by atoms with van der Waals surface area (Å²) >= 11 is 3.60. The van der Waals surface area contributed by atoms with E-state index in [9.17, 15) is 14.0 Å². The first-order valence-electron chi connectivity index (χ1n) is 13.4. The Kier molecular flexibility index (Phi) is 8.68. The minimum atomic E-state index is -0.748. The van der Waals surface area contributed by atoms with E-state index in [1.807, 2.05) is 30.3 Å². The second-order valence-electron chi connectivity index (χ2n) is 9.68. The van der Waals surface area contributed by atoms with Crippen LogP contribution in [-0.2, 0) is 6.42 Å². The van der Waals surface area contributed by atoms with Gasteiger partial charge < -0.3 is 14.4 Å². The zero-order valence-corrected chi connectivity index (χ0v) is 25.0. The lowest BCUT2D eigenvalue weighted by molar-refractivity contribution is 0.0678. The lowest BCUT2D eigenvalue weighted by atomic mass is 10.1. The number of hydrogen-bond donors (Lipinski definition) is 0. The van der Waals surface area contributed by atoms with Gasteiger partial charge in [0.15, 0.2) is 0 Å². The van der Waals surface area contributed by atoms with E-state index in [1.54, 1.807) is 60.4 Å². The smallest absolute Gasteiger partial charge is 0.266 e. The summed E-state index contributed by atoms with van der Waals surface area (Å²) in [7, 11) is 3.04. The third-order valence-corrected chi connectivity index (χ3v) is 7.98. The summed E-state index contributed by atoms with van der Waals surface area (Å²) in [5, 5.41) is 0.401. The molecule has 5 aromatic rings. The number of benzene rings is 4. The maximum Gasteiger partial charge on any atom is 0.266 e. The van der Waals surface area contributed by atoms with Gasteiger partial charge >= 0.3 is 0 Å². The number of amides is 1. The van der Waals surface area contributed by atoms with Gasteiger partial charge in [0.1, 0.15) is 23.1 Å². The number of carbonyl (C=O) groups is 1. The molecule has 0 fully saturated rings. The van der Waals surface area contributed by atoms with Crippen LogP contribution >= 0.6 is 15.9 Å². The number of fused-ring (bicyclic) bond motifs is 1. The molecule has 0 N–H and O–H groups in total. The summed E-state index contributed by atoms with van der Waals surface area (Å²) in [6.07, 6.45) is 0.514. The summed E-state index contributed by atoms with van der Waals surface area (Å²) in [5.41, 5.74) is 1.53. The highest BCUT2D eigenvalue weighted by Crippen LogP contribution is 2.37. The van der Waals surface area contributed by atoms with Crippen molar-refractivity contribution in [2.24, 2.45) is 0 Å². The van der Waals surface area contributed by atoms with Gasteiger partial charge in [-0.3, -0.25) is 14.2 Å². The molecule has 0 aliphatic heterocycles. The molecule has 9 heteroatoms. The summed E-state index contributed by atoms with van der Waals surface area (Å²) in [5.74, 6) is 0.0854. The second kappa shape index (κ2) is 12.6. The Labute approximate surface area is 251 Å². The molecule has 0 saturated carbocycles. The molecule has 7 nitrogen and oxygen atoms in total. The van der Waals surface area contributed by atoms with Crippen LogP contribution in [0.4, 0.5) is 4.39 Å². The van der Waals surface area contributed by atoms with Crippen molar-refractivity contribution in [1.29, 1.82) is 0 Å². The molecular formula is C33H29BrFN3O4. The van der Waals surface area contributed by atoms with Crippen molar-refractivity contribution in [3.05, 3.63) is 129 Å². The number of carbonyl (C=O) groups excluding carboxylic acids is 1. The van der Waals surface area contributed by atoms with Crippen LogP contribution in [-0.4, -0.2) is 41.1 Å². The van der Waals surface area contributed by atoms with Crippen molar-refractivity contribution in [1.82, 2.24) is 14.5 Å². The molecule has 0 radical (unpaired) electrons. The maximum atomic E-state index is 14.9. The molecule has 0 aliphatic carbocycles. The average Bonchev–Trinajstić information content (AvgIpc) is 3.02. The number of methoxy groups -OCH3 is 2. The molecular weight excluding hydrogens is 601 g/mol. The van der Waals surface area contributed by atoms with Gasteiger partial charge in [0, 0.05) is 18.7 Å². The van der Waals surface area contributed by atoms with Gasteiger partial charge in [-0.05, 0) is 59.1 Å². The third kappa shape index (κ3) is 5.65. The molecule has 42 heavy (non-hydrogen) atoms. The fourth-order valence-electron chi connectivity index (χ4n) is 4.94. The molecule has 1 atom stereocenters. The predicted octanol–water partition coefficient (Wildman–Crippen LogP) is 6.75. The highest BCUT2D eigenvalue weighted by molar-refractivity contribution is 9.10. The van der Waals surface area contributed by atoms with Crippen molar-refractivity contribution in [2.45, 2.75) is 19.4 Å². The van der Waals surface area contributed by atoms with Crippen LogP contribution in [0.2, 0.25) is 0 Å². The van der Waals surface area contributed by atoms with Crippen LogP contribution in [0.1, 0.15) is 34.7 Å². The van der Waals surface area contributed by atoms with E-state index in [2.05, 4.69) is 15.9 Å². The van der Waals surface area contributed by atoms with Gasteiger partial charge in [-0.2, -0.15) is 0 Å². The topological polar surface area (TPSA) is 73.7 Å². The van der Waals surface area contributed by atoms with E-state index in [0.717, 1.165) is 5.56 Å². The fraction of sp³-hybridized carbons (Fsp3) is 0.182. The fourth-order valence-corrected chi connectivity index (χ4v) is 5.51. The molecule has 1 unspecified atom stereocenters. The Morgan fingerprint density at radius 2 is 1.67 bits per heavy atom. The second-order valence-corrected chi connectivity index (χ2v) is 10.5. The summed E-state index contributed by atoms with van der Waals surface area (Å²) in [6, 6.07) is 25.3. The van der Waals surface area contributed by atoms with Crippen LogP contribution in [0.25, 0.3) is 16.6 Å². The van der Waals surface area contributed by atoms with Crippen molar-refractivity contribution in [2.75, 3.05) is 20.8 Å². The molecule has 5 rings (SSSR count). The van der Waals surface area contributed by atoms with Crippen LogP contribution in [0, 0.1) is 5.82 Å². The number of halogens is 2. The van der Waals surface area contributed by atoms with Gasteiger partial charge in [0.25, 0.3) is 11.5 Å². The van der Waals surface area contributed by atoms with Gasteiger partial charge in [-0.15, -0.1) is 0 Å². The highest BCUT2D eigenvalue weighted by Gasteiger charge is 2.30. The molecule has 0 bridgehead atoms. The van der Waals surface area contributed by atoms with Crippen LogP contribution in [0.3, 0.4) is 0 Å². The monoisotopic (exact) mass is 629 g/mol. The minimum absolute atomic E-state index is 0.0590. The predicted molar refractivity (Wildman–Crippen MR) is 164 cm³/mol. The zero-order valence-electron chi connectivity index (χ0n) is 23.4. The molecule has 0 spiro atoms. The van der Waals surface area contributed by atoms with Gasteiger partial charge in [0.2, 0.25) is 0 Å². The summed E-state index contributed by atoms with van der Waals surface area (Å²) in [6.45, 7) is 2.05. The number of para-hydroxylation sites is 1. The molecule has 0 saturated heterocycles. The molecule has 4 aromatic carbocycles. The highest BCUT2D eigenvalue weighted by atomic mass is 79.9. The lowest BCUT2D eigenvalue weighted by Crippen LogP contribution is -2.39. The minimum Gasteiger partial charge on any atom is -0.497 e. The first-order chi connectivity index (χ1) is 20.3. The van der Waals surface area contributed by atoms with E-state index in [-0.39, 0.29) is 17.7 Å². The Balaban J connectivity index is 1.73. The average molecular weight is 631 g/mol. The van der Waals surface area contributed by atoms with Crippen LogP contribution in [0.5, 0.6) is 11.5 Å². The normalized spacial score (nSPS) is 11.7. The summed E-state index contributed by atoms with van der Waals surface area (Å²) < 4.78 is 27.9. The number of aromatic nitrogens is 2. The summed E-state index contributed by atoms with van der Waals surface area (Å²) in [4.78, 5) is 34.6. The van der Waals surface area contributed by atoms with Gasteiger partial charge in [-0.25, -0.2) is 9.37 Å². The molecule has 1 aromatic heterocycles. The first kappa shape index (κ1) is 29.0. The maximum absolute atomic E-state index is 14.9. The van der Waals surface area contributed by atoms with Gasteiger partial charge in [-0.1, -0.05) is 54.6 Å². The Bertz CT molecular complexity index is 1810. The number of nitrogens with zero attached hydrogens (tertiary/aromatic N) is 3. The SMILES string of the molecule is COc1cc(OC)c(Br)c(-n2c(C(C)N(CCc3ccccc3)C(=O)c3ccccc3F)nc3ccccc3c2=O)c1. The van der Waals surface area contributed by atoms with E-state index in [1.165, 1.54) is 30.9 Å². The van der Waals surface area contributed by atoms with E-state index < -0.39 is 17.8 Å². The lowest BCUT2D eigenvalue weighted by Gasteiger charge is -2.31. The number of rotatable bonds is 9. The van der Waals surface area contributed by atoms with E-state index in [4.69, 9.17) is 14.5 Å². The van der Waals surface area contributed by atoms with Gasteiger partial charge in [0.05, 0.1) is 46.9 Å². The van der Waals surface area contributed by atoms with E-state index >= 15 is 0 Å². The number of ether oxygens (including phenoxy) is 2. The van der Waals surface area contributed by atoms with E-state index in [0.29, 0.717) is 44.8 Å². The van der Waals surface area contributed by atoms with Crippen LogP contribution in [0.15, 0.2) is 100 Å². The standard InChI is InChI=1S/C33H29BrFN3O4/c1-21(37(18-17-22-11-5-4-6-12-22)32(39)24-13-7-9-15-26(24)35)31-36-27-16-10-8-14-25(27)33(40)38(31)28-19-23(41-2)20-29(42-3)30(28)34/h4-16,19-21H,17-18H2,1-3H3. The Hall–Kier alpha value is -4.50. The Morgan fingerprint density at radius 3 is 2.38 bits per heavy atom. The molecule has 1 heterocycles. The van der Waals surface area contributed by atoms with Crippen LogP contribution < -0.4 is 15.0 Å². The largest absolute Gasteiger partial charge is 0.497 e. The molecule has 0 aliphatic rings. The van der Waals surface area contributed by atoms with Crippen molar-refractivity contribution < 1.29 is 18.7 Å². The van der Waals surface area contributed by atoms with Crippen molar-refractivity contribution in [3.8, 4) is 17.2 Å². The Morgan fingerprint density at radius 1 is 0.976 bits per heavy atom. The number of hydrogen-bond acceptors (Lipinski definition) is 5. The van der Waals surface area contributed by atoms with Crippen molar-refractivity contribution >= 4 is 32.7 Å². The molecule has 214 valence electrons. The van der Waals surface area contributed by atoms with Crippen molar-refractivity contribution in [3.63, 3.8) is 0 Å². The molecule has 1 amide bonds. The quantitative estimate of drug-likeness (QED) is 0.180. The first-order valence-corrected chi connectivity index (χ1v) is 14.2.